The zero-order chi connectivity index (χ0) is 22.1. The van der Waals surface area contributed by atoms with Gasteiger partial charge in [-0.1, -0.05) is 30.3 Å². The summed E-state index contributed by atoms with van der Waals surface area (Å²) in [4.78, 5) is 12.1. The zero-order valence-electron chi connectivity index (χ0n) is 17.0. The molecule has 0 aliphatic heterocycles. The Labute approximate surface area is 182 Å². The Bertz CT molecular complexity index is 1230. The molecule has 32 heavy (non-hydrogen) atoms. The van der Waals surface area contributed by atoms with Crippen molar-refractivity contribution in [2.75, 3.05) is 6.61 Å². The van der Waals surface area contributed by atoms with Crippen LogP contribution in [0.25, 0.3) is 22.0 Å². The molecule has 1 saturated carbocycles. The first kappa shape index (κ1) is 20.4. The quantitative estimate of drug-likeness (QED) is 0.382. The Kier molecular flexibility index (Phi) is 5.20. The molecule has 4 aromatic rings. The first-order valence-electron chi connectivity index (χ1n) is 10.4. The molecular weight excluding hydrogens is 419 g/mol. The summed E-state index contributed by atoms with van der Waals surface area (Å²) >= 11 is 0. The SMILES string of the molecule is FC(F)(F)Oc1ccc(-c2cccc3cc(CCOc4nccc(C5CC5)n4)[nH]c23)cc1. The van der Waals surface area contributed by atoms with Crippen molar-refractivity contribution in [3.63, 3.8) is 0 Å². The van der Waals surface area contributed by atoms with E-state index >= 15 is 0 Å². The van der Waals surface area contributed by atoms with Gasteiger partial charge >= 0.3 is 12.4 Å². The minimum Gasteiger partial charge on any atom is -0.463 e. The van der Waals surface area contributed by atoms with E-state index in [1.807, 2.05) is 30.3 Å². The fourth-order valence-corrected chi connectivity index (χ4v) is 3.71. The average Bonchev–Trinajstić information content (AvgIpc) is 3.53. The lowest BCUT2D eigenvalue weighted by atomic mass is 10.0. The van der Waals surface area contributed by atoms with E-state index in [2.05, 4.69) is 19.7 Å². The average molecular weight is 439 g/mol. The summed E-state index contributed by atoms with van der Waals surface area (Å²) in [5.74, 6) is 0.298. The van der Waals surface area contributed by atoms with Crippen molar-refractivity contribution in [2.45, 2.75) is 31.5 Å². The summed E-state index contributed by atoms with van der Waals surface area (Å²) in [6.07, 6.45) is 0.0137. The van der Waals surface area contributed by atoms with Gasteiger partial charge in [0.15, 0.2) is 0 Å². The van der Waals surface area contributed by atoms with Crippen LogP contribution in [0.1, 0.15) is 30.1 Å². The van der Waals surface area contributed by atoms with Gasteiger partial charge in [0.25, 0.3) is 0 Å². The molecule has 0 spiro atoms. The summed E-state index contributed by atoms with van der Waals surface area (Å²) in [6.45, 7) is 0.430. The summed E-state index contributed by atoms with van der Waals surface area (Å²) in [5.41, 5.74) is 4.63. The summed E-state index contributed by atoms with van der Waals surface area (Å²) in [7, 11) is 0. The van der Waals surface area contributed by atoms with Crippen molar-refractivity contribution in [1.82, 2.24) is 15.0 Å². The lowest BCUT2D eigenvalue weighted by Crippen LogP contribution is -2.16. The molecule has 1 aliphatic rings. The number of halogens is 3. The second-order valence-corrected chi connectivity index (χ2v) is 7.77. The molecule has 1 fully saturated rings. The minimum absolute atomic E-state index is 0.245. The number of ether oxygens (including phenoxy) is 2. The Balaban J connectivity index is 1.29. The number of fused-ring (bicyclic) bond motifs is 1. The van der Waals surface area contributed by atoms with Gasteiger partial charge in [-0.05, 0) is 42.7 Å². The van der Waals surface area contributed by atoms with Crippen molar-refractivity contribution in [3.05, 3.63) is 72.2 Å². The molecule has 1 N–H and O–H groups in total. The summed E-state index contributed by atoms with van der Waals surface area (Å²) in [5, 5.41) is 1.01. The molecule has 5 rings (SSSR count). The smallest absolute Gasteiger partial charge is 0.463 e. The molecule has 0 atom stereocenters. The lowest BCUT2D eigenvalue weighted by Gasteiger charge is -2.10. The number of para-hydroxylation sites is 1. The van der Waals surface area contributed by atoms with E-state index < -0.39 is 6.36 Å². The lowest BCUT2D eigenvalue weighted by molar-refractivity contribution is -0.274. The standard InChI is InChI=1S/C24H20F3N3O2/c25-24(26,27)32-19-8-6-15(7-9-19)20-3-1-2-17-14-18(29-22(17)20)11-13-31-23-28-12-10-21(30-23)16-4-5-16/h1-3,6-10,12,14,16,29H,4-5,11,13H2. The molecule has 0 bridgehead atoms. The number of alkyl halides is 3. The fourth-order valence-electron chi connectivity index (χ4n) is 3.71. The number of H-pyrrole nitrogens is 1. The third-order valence-electron chi connectivity index (χ3n) is 5.36. The summed E-state index contributed by atoms with van der Waals surface area (Å²) in [6, 6.07) is 16.1. The molecule has 2 aromatic carbocycles. The maximum absolute atomic E-state index is 12.4. The Morgan fingerprint density at radius 1 is 1.03 bits per heavy atom. The largest absolute Gasteiger partial charge is 0.573 e. The Morgan fingerprint density at radius 3 is 2.59 bits per heavy atom. The van der Waals surface area contributed by atoms with E-state index in [0.29, 0.717) is 25.0 Å². The Hall–Kier alpha value is -3.55. The van der Waals surface area contributed by atoms with Crippen LogP contribution < -0.4 is 9.47 Å². The Morgan fingerprint density at radius 2 is 1.84 bits per heavy atom. The van der Waals surface area contributed by atoms with Crippen LogP contribution in [0.2, 0.25) is 0 Å². The minimum atomic E-state index is -4.71. The third-order valence-corrected chi connectivity index (χ3v) is 5.36. The second-order valence-electron chi connectivity index (χ2n) is 7.77. The predicted octanol–water partition coefficient (Wildman–Crippen LogP) is 6.02. The van der Waals surface area contributed by atoms with Gasteiger partial charge in [-0.3, -0.25) is 0 Å². The second kappa shape index (κ2) is 8.18. The molecule has 5 nitrogen and oxygen atoms in total. The number of aromatic amines is 1. The summed E-state index contributed by atoms with van der Waals surface area (Å²) < 4.78 is 46.9. The maximum Gasteiger partial charge on any atom is 0.573 e. The van der Waals surface area contributed by atoms with Gasteiger partial charge in [0.2, 0.25) is 0 Å². The van der Waals surface area contributed by atoms with E-state index in [1.54, 1.807) is 18.3 Å². The van der Waals surface area contributed by atoms with Gasteiger partial charge in [0, 0.05) is 35.2 Å². The first-order chi connectivity index (χ1) is 15.4. The maximum atomic E-state index is 12.4. The highest BCUT2D eigenvalue weighted by atomic mass is 19.4. The van der Waals surface area contributed by atoms with Crippen LogP contribution in [-0.4, -0.2) is 27.9 Å². The number of aromatic nitrogens is 3. The van der Waals surface area contributed by atoms with Crippen molar-refractivity contribution >= 4 is 10.9 Å². The molecule has 0 amide bonds. The number of nitrogens with zero attached hydrogens (tertiary/aromatic N) is 2. The van der Waals surface area contributed by atoms with Crippen LogP contribution >= 0.6 is 0 Å². The van der Waals surface area contributed by atoms with Crippen molar-refractivity contribution in [2.24, 2.45) is 0 Å². The third kappa shape index (κ3) is 4.69. The van der Waals surface area contributed by atoms with Gasteiger partial charge < -0.3 is 14.5 Å². The molecular formula is C24H20F3N3O2. The van der Waals surface area contributed by atoms with Gasteiger partial charge in [-0.25, -0.2) is 4.98 Å². The van der Waals surface area contributed by atoms with Gasteiger partial charge in [-0.15, -0.1) is 13.2 Å². The van der Waals surface area contributed by atoms with Crippen molar-refractivity contribution in [1.29, 1.82) is 0 Å². The van der Waals surface area contributed by atoms with E-state index in [4.69, 9.17) is 4.74 Å². The molecule has 8 heteroatoms. The highest BCUT2D eigenvalue weighted by Gasteiger charge is 2.31. The van der Waals surface area contributed by atoms with Gasteiger partial charge in [0.1, 0.15) is 5.75 Å². The van der Waals surface area contributed by atoms with Gasteiger partial charge in [-0.2, -0.15) is 4.98 Å². The van der Waals surface area contributed by atoms with E-state index in [1.165, 1.54) is 25.0 Å². The van der Waals surface area contributed by atoms with Crippen molar-refractivity contribution in [3.8, 4) is 22.9 Å². The molecule has 2 aromatic heterocycles. The number of rotatable bonds is 7. The highest BCUT2D eigenvalue weighted by Crippen LogP contribution is 2.39. The molecule has 2 heterocycles. The van der Waals surface area contributed by atoms with Gasteiger partial charge in [0.05, 0.1) is 17.8 Å². The number of hydrogen-bond acceptors (Lipinski definition) is 4. The van der Waals surface area contributed by atoms with E-state index in [-0.39, 0.29) is 5.75 Å². The molecule has 0 saturated heterocycles. The number of nitrogens with one attached hydrogen (secondary N) is 1. The number of hydrogen-bond donors (Lipinski definition) is 1. The zero-order valence-corrected chi connectivity index (χ0v) is 17.0. The van der Waals surface area contributed by atoms with E-state index in [9.17, 15) is 13.2 Å². The molecule has 0 radical (unpaired) electrons. The first-order valence-corrected chi connectivity index (χ1v) is 10.4. The monoisotopic (exact) mass is 439 g/mol. The fraction of sp³-hybridized carbons (Fsp3) is 0.250. The number of benzene rings is 2. The van der Waals surface area contributed by atoms with Crippen LogP contribution in [-0.2, 0) is 6.42 Å². The van der Waals surface area contributed by atoms with Crippen molar-refractivity contribution < 1.29 is 22.6 Å². The molecule has 164 valence electrons. The molecule has 0 unspecified atom stereocenters. The van der Waals surface area contributed by atoms with Crippen LogP contribution in [0.4, 0.5) is 13.2 Å². The predicted molar refractivity (Wildman–Crippen MR) is 114 cm³/mol. The van der Waals surface area contributed by atoms with Crippen LogP contribution in [0.5, 0.6) is 11.8 Å². The highest BCUT2D eigenvalue weighted by molar-refractivity contribution is 5.94. The molecule has 1 aliphatic carbocycles. The normalized spacial score (nSPS) is 14.0. The topological polar surface area (TPSA) is 60.0 Å². The van der Waals surface area contributed by atoms with Crippen LogP contribution in [0.15, 0.2) is 60.8 Å². The van der Waals surface area contributed by atoms with Crippen LogP contribution in [0.3, 0.4) is 0 Å². The van der Waals surface area contributed by atoms with E-state index in [0.717, 1.165) is 33.4 Å². The van der Waals surface area contributed by atoms with Crippen LogP contribution in [0, 0.1) is 0 Å².